The summed E-state index contributed by atoms with van der Waals surface area (Å²) in [4.78, 5) is 0. The van der Waals surface area contributed by atoms with Crippen LogP contribution in [0, 0.1) is 58.2 Å². The van der Waals surface area contributed by atoms with E-state index in [9.17, 15) is 43.9 Å². The van der Waals surface area contributed by atoms with Gasteiger partial charge in [-0.05, 0) is 54.9 Å². The van der Waals surface area contributed by atoms with Gasteiger partial charge in [-0.3, -0.25) is 0 Å². The number of hydrogen-bond donors (Lipinski definition) is 0. The molecule has 10 heteroatoms. The Labute approximate surface area is 265 Å². The van der Waals surface area contributed by atoms with Crippen LogP contribution in [-0.4, -0.2) is 0 Å². The van der Waals surface area contributed by atoms with Crippen molar-refractivity contribution in [2.24, 2.45) is 0 Å². The molecular weight excluding hydrogens is 646 g/mol. The molecule has 0 amide bonds. The van der Waals surface area contributed by atoms with Gasteiger partial charge in [0.15, 0.2) is 46.5 Å². The maximum absolute atomic E-state index is 14.5. The maximum atomic E-state index is 14.5. The lowest BCUT2D eigenvalue weighted by Crippen LogP contribution is -2.04. The number of rotatable bonds is 4. The SMILES string of the molecule is Fc1c(F)c(F)c(-c2ccc(-c3c4ccccc4c(-c4ccc(-c5c(F)c(F)c(F)c(F)c5F)cc4)c4ccccc34)cc2)c(F)c1F. The highest BCUT2D eigenvalue weighted by Gasteiger charge is 2.28. The van der Waals surface area contributed by atoms with Gasteiger partial charge in [-0.15, -0.1) is 0 Å². The lowest BCUT2D eigenvalue weighted by Gasteiger charge is -2.18. The van der Waals surface area contributed by atoms with Gasteiger partial charge in [0.05, 0.1) is 11.1 Å². The van der Waals surface area contributed by atoms with Crippen LogP contribution in [0.25, 0.3) is 66.1 Å². The van der Waals surface area contributed by atoms with Crippen LogP contribution in [0.15, 0.2) is 97.1 Å². The van der Waals surface area contributed by atoms with Gasteiger partial charge in [-0.2, -0.15) is 0 Å². The molecule has 7 aromatic carbocycles. The third-order valence-electron chi connectivity index (χ3n) is 8.28. The molecular formula is C38H16F10. The second-order valence-corrected chi connectivity index (χ2v) is 10.9. The summed E-state index contributed by atoms with van der Waals surface area (Å²) in [5.74, 6) is -20.5. The molecule has 0 saturated heterocycles. The molecule has 0 aliphatic carbocycles. The fourth-order valence-electron chi connectivity index (χ4n) is 6.07. The van der Waals surface area contributed by atoms with Crippen molar-refractivity contribution in [3.63, 3.8) is 0 Å². The van der Waals surface area contributed by atoms with E-state index in [0.29, 0.717) is 43.8 Å². The third kappa shape index (κ3) is 4.62. The van der Waals surface area contributed by atoms with E-state index in [0.717, 1.165) is 0 Å². The van der Waals surface area contributed by atoms with Gasteiger partial charge < -0.3 is 0 Å². The van der Waals surface area contributed by atoms with E-state index in [1.165, 1.54) is 48.5 Å². The summed E-state index contributed by atoms with van der Waals surface area (Å²) in [5.41, 5.74) is -0.0867. The monoisotopic (exact) mass is 662 g/mol. The molecule has 0 aliphatic rings. The van der Waals surface area contributed by atoms with Crippen molar-refractivity contribution in [3.8, 4) is 44.5 Å². The van der Waals surface area contributed by atoms with Crippen molar-refractivity contribution in [2.45, 2.75) is 0 Å². The van der Waals surface area contributed by atoms with E-state index >= 15 is 0 Å². The van der Waals surface area contributed by atoms with Crippen LogP contribution in [-0.2, 0) is 0 Å². The average molecular weight is 663 g/mol. The molecule has 0 fully saturated rings. The smallest absolute Gasteiger partial charge is 0.200 e. The minimum atomic E-state index is -2.25. The van der Waals surface area contributed by atoms with Gasteiger partial charge in [-0.1, -0.05) is 97.1 Å². The number of halogens is 10. The van der Waals surface area contributed by atoms with Crippen LogP contribution in [0.4, 0.5) is 43.9 Å². The summed E-state index contributed by atoms with van der Waals surface area (Å²) < 4.78 is 141. The fourth-order valence-corrected chi connectivity index (χ4v) is 6.07. The Hall–Kier alpha value is -5.64. The summed E-state index contributed by atoms with van der Waals surface area (Å²) in [6, 6.07) is 25.4. The Morgan fingerprint density at radius 2 is 0.396 bits per heavy atom. The lowest BCUT2D eigenvalue weighted by molar-refractivity contribution is 0.381. The van der Waals surface area contributed by atoms with E-state index in [1.807, 2.05) is 24.3 Å². The number of hydrogen-bond acceptors (Lipinski definition) is 0. The molecule has 0 radical (unpaired) electrons. The first-order chi connectivity index (χ1) is 23.0. The normalized spacial score (nSPS) is 11.5. The second kappa shape index (κ2) is 11.6. The molecule has 0 spiro atoms. The highest BCUT2D eigenvalue weighted by atomic mass is 19.2. The Balaban J connectivity index is 1.40. The third-order valence-corrected chi connectivity index (χ3v) is 8.28. The van der Waals surface area contributed by atoms with E-state index in [-0.39, 0.29) is 11.1 Å². The Morgan fingerprint density at radius 1 is 0.208 bits per heavy atom. The molecule has 7 rings (SSSR count). The fraction of sp³-hybridized carbons (Fsp3) is 0. The van der Waals surface area contributed by atoms with Crippen molar-refractivity contribution in [2.75, 3.05) is 0 Å². The van der Waals surface area contributed by atoms with E-state index in [1.54, 1.807) is 24.3 Å². The van der Waals surface area contributed by atoms with Gasteiger partial charge in [0, 0.05) is 0 Å². The van der Waals surface area contributed by atoms with E-state index < -0.39 is 69.3 Å². The van der Waals surface area contributed by atoms with E-state index in [2.05, 4.69) is 0 Å². The largest absolute Gasteiger partial charge is 0.203 e. The van der Waals surface area contributed by atoms with Gasteiger partial charge in [0.1, 0.15) is 0 Å². The molecule has 0 saturated carbocycles. The molecule has 0 N–H and O–H groups in total. The van der Waals surface area contributed by atoms with E-state index in [4.69, 9.17) is 0 Å². The molecule has 0 heterocycles. The van der Waals surface area contributed by atoms with Crippen LogP contribution in [0.3, 0.4) is 0 Å². The Bertz CT molecular complexity index is 2150. The number of benzene rings is 7. The van der Waals surface area contributed by atoms with Gasteiger partial charge in [0.2, 0.25) is 11.6 Å². The Kier molecular flexibility index (Phi) is 7.46. The summed E-state index contributed by atoms with van der Waals surface area (Å²) in [7, 11) is 0. The molecule has 238 valence electrons. The van der Waals surface area contributed by atoms with Gasteiger partial charge in [0.25, 0.3) is 0 Å². The van der Waals surface area contributed by atoms with Crippen LogP contribution in [0.2, 0.25) is 0 Å². The van der Waals surface area contributed by atoms with Crippen LogP contribution < -0.4 is 0 Å². The molecule has 0 unspecified atom stereocenters. The molecule has 0 bridgehead atoms. The predicted molar refractivity (Wildman–Crippen MR) is 163 cm³/mol. The quantitative estimate of drug-likeness (QED) is 0.0762. The highest BCUT2D eigenvalue weighted by Crippen LogP contribution is 2.45. The topological polar surface area (TPSA) is 0 Å². The predicted octanol–water partition coefficient (Wildman–Crippen LogP) is 12.1. The summed E-state index contributed by atoms with van der Waals surface area (Å²) in [6.45, 7) is 0. The standard InChI is InChI=1S/C38H16F10/c39-29-27(30(40)34(44)37(47)33(29)43)19-13-9-17(10-14-19)25-21-5-1-2-6-22(21)26(24-8-4-3-7-23(24)25)18-11-15-20(16-12-18)28-31(41)35(45)38(48)36(46)32(28)42/h1-16H. The van der Waals surface area contributed by atoms with Crippen molar-refractivity contribution in [1.29, 1.82) is 0 Å². The van der Waals surface area contributed by atoms with Crippen molar-refractivity contribution in [1.82, 2.24) is 0 Å². The zero-order chi connectivity index (χ0) is 34.0. The van der Waals surface area contributed by atoms with Gasteiger partial charge in [-0.25, -0.2) is 43.9 Å². The first kappa shape index (κ1) is 31.0. The average Bonchev–Trinajstić information content (AvgIpc) is 3.11. The first-order valence-electron chi connectivity index (χ1n) is 14.2. The lowest BCUT2D eigenvalue weighted by atomic mass is 9.85. The summed E-state index contributed by atoms with van der Waals surface area (Å²) in [5, 5.41) is 2.83. The molecule has 0 atom stereocenters. The molecule has 7 aromatic rings. The van der Waals surface area contributed by atoms with Gasteiger partial charge >= 0.3 is 0 Å². The summed E-state index contributed by atoms with van der Waals surface area (Å²) in [6.07, 6.45) is 0. The zero-order valence-corrected chi connectivity index (χ0v) is 24.0. The van der Waals surface area contributed by atoms with Crippen LogP contribution in [0.5, 0.6) is 0 Å². The Morgan fingerprint density at radius 3 is 0.625 bits per heavy atom. The van der Waals surface area contributed by atoms with Crippen LogP contribution in [0.1, 0.15) is 0 Å². The molecule has 48 heavy (non-hydrogen) atoms. The molecule has 0 aromatic heterocycles. The van der Waals surface area contributed by atoms with Crippen molar-refractivity contribution in [3.05, 3.63) is 155 Å². The minimum Gasteiger partial charge on any atom is -0.203 e. The molecule has 0 nitrogen and oxygen atoms in total. The summed E-state index contributed by atoms with van der Waals surface area (Å²) >= 11 is 0. The van der Waals surface area contributed by atoms with Crippen LogP contribution >= 0.6 is 0 Å². The first-order valence-corrected chi connectivity index (χ1v) is 14.2. The maximum Gasteiger partial charge on any atom is 0.200 e. The van der Waals surface area contributed by atoms with Crippen molar-refractivity contribution < 1.29 is 43.9 Å². The minimum absolute atomic E-state index is 0.231. The van der Waals surface area contributed by atoms with Crippen molar-refractivity contribution >= 4 is 21.5 Å². The number of fused-ring (bicyclic) bond motifs is 2. The zero-order valence-electron chi connectivity index (χ0n) is 24.0. The molecule has 0 aliphatic heterocycles. The highest BCUT2D eigenvalue weighted by molar-refractivity contribution is 6.21. The second-order valence-electron chi connectivity index (χ2n) is 10.9.